The van der Waals surface area contributed by atoms with E-state index < -0.39 is 0 Å². The zero-order valence-corrected chi connectivity index (χ0v) is 11.8. The molecule has 0 unspecified atom stereocenters. The molecule has 2 aliphatic heterocycles. The highest BCUT2D eigenvalue weighted by Crippen LogP contribution is 2.61. The van der Waals surface area contributed by atoms with Gasteiger partial charge in [0.1, 0.15) is 0 Å². The lowest BCUT2D eigenvalue weighted by Crippen LogP contribution is -2.19. The molecule has 0 amide bonds. The van der Waals surface area contributed by atoms with E-state index in [9.17, 15) is 5.11 Å². The van der Waals surface area contributed by atoms with Crippen LogP contribution in [0.2, 0.25) is 0 Å². The summed E-state index contributed by atoms with van der Waals surface area (Å²) < 4.78 is 11.5. The number of aromatic hydroxyl groups is 1. The maximum atomic E-state index is 10.2. The van der Waals surface area contributed by atoms with Gasteiger partial charge in [0.05, 0.1) is 9.79 Å². The molecule has 17 heavy (non-hydrogen) atoms. The van der Waals surface area contributed by atoms with Crippen molar-refractivity contribution < 1.29 is 14.6 Å². The number of fused-ring (bicyclic) bond motifs is 2. The molecular weight excluding hydrogens is 256 g/mol. The molecule has 0 fully saturated rings. The van der Waals surface area contributed by atoms with Gasteiger partial charge in [-0.3, -0.25) is 0 Å². The molecular formula is C12H14O3S2. The highest BCUT2D eigenvalue weighted by Gasteiger charge is 2.40. The Morgan fingerprint density at radius 2 is 1.35 bits per heavy atom. The fraction of sp³-hybridized carbons (Fsp3) is 0.500. The molecule has 0 aliphatic carbocycles. The van der Waals surface area contributed by atoms with Crippen LogP contribution in [0.3, 0.4) is 0 Å². The normalized spacial score (nSPS) is 22.6. The maximum absolute atomic E-state index is 10.2. The van der Waals surface area contributed by atoms with Crippen molar-refractivity contribution in [3.63, 3.8) is 0 Å². The summed E-state index contributed by atoms with van der Waals surface area (Å²) in [6, 6.07) is 2.04. The van der Waals surface area contributed by atoms with Crippen molar-refractivity contribution in [1.82, 2.24) is 0 Å². The van der Waals surface area contributed by atoms with Gasteiger partial charge in [0.2, 0.25) is 5.75 Å². The van der Waals surface area contributed by atoms with Crippen molar-refractivity contribution in [1.29, 1.82) is 0 Å². The summed E-state index contributed by atoms with van der Waals surface area (Å²) in [5.74, 6) is 1.24. The summed E-state index contributed by atoms with van der Waals surface area (Å²) in [5, 5.41) is 10.2. The summed E-state index contributed by atoms with van der Waals surface area (Å²) in [7, 11) is 0. The monoisotopic (exact) mass is 270 g/mol. The number of ether oxygens (including phenoxy) is 2. The third kappa shape index (κ3) is 1.76. The summed E-state index contributed by atoms with van der Waals surface area (Å²) in [6.07, 6.45) is 0. The molecule has 3 nitrogen and oxygen atoms in total. The summed E-state index contributed by atoms with van der Waals surface area (Å²) in [6.45, 7) is 7.95. The fourth-order valence-electron chi connectivity index (χ4n) is 2.00. The highest BCUT2D eigenvalue weighted by atomic mass is 32.2. The van der Waals surface area contributed by atoms with E-state index in [1.807, 2.05) is 33.8 Å². The number of hydrogen-bond acceptors (Lipinski definition) is 5. The maximum Gasteiger partial charge on any atom is 0.203 e. The first kappa shape index (κ1) is 11.4. The molecule has 0 atom stereocenters. The van der Waals surface area contributed by atoms with Crippen LogP contribution in [0, 0.1) is 0 Å². The zero-order valence-electron chi connectivity index (χ0n) is 10.2. The van der Waals surface area contributed by atoms with Crippen molar-refractivity contribution in [2.45, 2.75) is 47.4 Å². The molecule has 5 heteroatoms. The number of phenols is 1. The molecule has 0 spiro atoms. The molecule has 0 saturated heterocycles. The van der Waals surface area contributed by atoms with E-state index >= 15 is 0 Å². The van der Waals surface area contributed by atoms with Gasteiger partial charge in [-0.2, -0.15) is 0 Å². The minimum atomic E-state index is -0.324. The van der Waals surface area contributed by atoms with Crippen LogP contribution in [-0.4, -0.2) is 15.0 Å². The molecule has 2 heterocycles. The van der Waals surface area contributed by atoms with E-state index in [-0.39, 0.29) is 15.6 Å². The van der Waals surface area contributed by atoms with Crippen LogP contribution in [0.4, 0.5) is 0 Å². The molecule has 0 saturated carbocycles. The van der Waals surface area contributed by atoms with Gasteiger partial charge in [-0.05, 0) is 33.8 Å². The number of hydrogen-bond donors (Lipinski definition) is 1. The van der Waals surface area contributed by atoms with Crippen molar-refractivity contribution in [2.75, 3.05) is 0 Å². The summed E-state index contributed by atoms with van der Waals surface area (Å²) in [4.78, 5) is 1.32. The smallest absolute Gasteiger partial charge is 0.203 e. The predicted octanol–water partition coefficient (Wildman–Crippen LogP) is 3.83. The van der Waals surface area contributed by atoms with E-state index in [1.165, 1.54) is 0 Å². The van der Waals surface area contributed by atoms with E-state index in [1.54, 1.807) is 23.5 Å². The first-order valence-corrected chi connectivity index (χ1v) is 7.07. The summed E-state index contributed by atoms with van der Waals surface area (Å²) >= 11 is 3.25. The SMILES string of the molecule is CC1(C)Oc2c(cc3c(c2O)OC(C)(C)S3)S1. The second-order valence-corrected chi connectivity index (χ2v) is 8.34. The first-order valence-electron chi connectivity index (χ1n) is 5.43. The lowest BCUT2D eigenvalue weighted by Gasteiger charge is -2.17. The second kappa shape index (κ2) is 3.20. The van der Waals surface area contributed by atoms with Gasteiger partial charge >= 0.3 is 0 Å². The molecule has 2 aliphatic rings. The van der Waals surface area contributed by atoms with Crippen molar-refractivity contribution in [2.24, 2.45) is 0 Å². The minimum absolute atomic E-state index is 0.133. The molecule has 92 valence electrons. The van der Waals surface area contributed by atoms with E-state index in [4.69, 9.17) is 9.47 Å². The highest BCUT2D eigenvalue weighted by molar-refractivity contribution is 8.01. The second-order valence-electron chi connectivity index (χ2n) is 5.09. The Balaban J connectivity index is 2.11. The molecule has 1 aromatic carbocycles. The standard InChI is InChI=1S/C12H14O3S2/c1-11(2)14-9-6(16-11)5-7-10(8(9)13)15-12(3,4)17-7/h5,13H,1-4H3. The van der Waals surface area contributed by atoms with E-state index in [2.05, 4.69) is 0 Å². The fourth-order valence-corrected chi connectivity index (χ4v) is 4.20. The molecule has 0 aromatic heterocycles. The van der Waals surface area contributed by atoms with Gasteiger partial charge in [-0.1, -0.05) is 23.5 Å². The molecule has 1 aromatic rings. The van der Waals surface area contributed by atoms with E-state index in [0.29, 0.717) is 11.5 Å². The van der Waals surface area contributed by atoms with Gasteiger partial charge in [0, 0.05) is 0 Å². The Bertz CT molecular complexity index is 467. The molecule has 0 bridgehead atoms. The molecule has 0 radical (unpaired) electrons. The van der Waals surface area contributed by atoms with Gasteiger partial charge in [-0.15, -0.1) is 0 Å². The summed E-state index contributed by atoms with van der Waals surface area (Å²) in [5.41, 5.74) is 0. The van der Waals surface area contributed by atoms with Gasteiger partial charge < -0.3 is 14.6 Å². The molecule has 3 rings (SSSR count). The Hall–Kier alpha value is -0.680. The minimum Gasteiger partial charge on any atom is -0.502 e. The largest absolute Gasteiger partial charge is 0.502 e. The van der Waals surface area contributed by atoms with Crippen LogP contribution in [0.5, 0.6) is 17.2 Å². The Morgan fingerprint density at radius 1 is 0.941 bits per heavy atom. The third-order valence-corrected chi connectivity index (χ3v) is 4.74. The lowest BCUT2D eigenvalue weighted by atomic mass is 10.3. The number of benzene rings is 1. The number of phenolic OH excluding ortho intramolecular Hbond substituents is 1. The molecule has 1 N–H and O–H groups in total. The Morgan fingerprint density at radius 3 is 1.76 bits per heavy atom. The topological polar surface area (TPSA) is 38.7 Å². The van der Waals surface area contributed by atoms with Crippen LogP contribution in [-0.2, 0) is 0 Å². The predicted molar refractivity (Wildman–Crippen MR) is 69.2 cm³/mol. The Kier molecular flexibility index (Phi) is 2.15. The lowest BCUT2D eigenvalue weighted by molar-refractivity contribution is 0.187. The quantitative estimate of drug-likeness (QED) is 0.775. The number of thioether (sulfide) groups is 2. The van der Waals surface area contributed by atoms with Crippen LogP contribution in [0.15, 0.2) is 15.9 Å². The van der Waals surface area contributed by atoms with Gasteiger partial charge in [-0.25, -0.2) is 0 Å². The van der Waals surface area contributed by atoms with Crippen LogP contribution < -0.4 is 9.47 Å². The average Bonchev–Trinajstić information content (AvgIpc) is 2.61. The number of rotatable bonds is 0. The average molecular weight is 270 g/mol. The van der Waals surface area contributed by atoms with Crippen LogP contribution in [0.1, 0.15) is 27.7 Å². The van der Waals surface area contributed by atoms with Crippen molar-refractivity contribution >= 4 is 23.5 Å². The third-order valence-electron chi connectivity index (χ3n) is 2.55. The Labute approximate surface area is 109 Å². The van der Waals surface area contributed by atoms with Crippen molar-refractivity contribution in [3.8, 4) is 17.2 Å². The van der Waals surface area contributed by atoms with Crippen LogP contribution >= 0.6 is 23.5 Å². The first-order chi connectivity index (χ1) is 7.77. The van der Waals surface area contributed by atoms with Gasteiger partial charge in [0.15, 0.2) is 21.4 Å². The van der Waals surface area contributed by atoms with Crippen LogP contribution in [0.25, 0.3) is 0 Å². The van der Waals surface area contributed by atoms with Gasteiger partial charge in [0.25, 0.3) is 0 Å². The van der Waals surface area contributed by atoms with Crippen molar-refractivity contribution in [3.05, 3.63) is 6.07 Å². The van der Waals surface area contributed by atoms with E-state index in [0.717, 1.165) is 9.79 Å². The zero-order chi connectivity index (χ0) is 12.4.